The van der Waals surface area contributed by atoms with Gasteiger partial charge in [-0.1, -0.05) is 210 Å². The molecule has 0 spiro atoms. The van der Waals surface area contributed by atoms with Crippen molar-refractivity contribution in [2.45, 2.75) is 38.5 Å². The van der Waals surface area contributed by atoms with Gasteiger partial charge in [0.2, 0.25) is 0 Å². The number of hydrogen-bond acceptors (Lipinski definition) is 0. The zero-order valence-corrected chi connectivity index (χ0v) is 36.6. The van der Waals surface area contributed by atoms with Gasteiger partial charge in [0.1, 0.15) is 0 Å². The van der Waals surface area contributed by atoms with Crippen LogP contribution in [0.5, 0.6) is 0 Å². The smallest absolute Gasteiger partial charge is 0.0159 e. The quantitative estimate of drug-likeness (QED) is 0.155. The zero-order valence-electron chi connectivity index (χ0n) is 36.6. The van der Waals surface area contributed by atoms with Crippen LogP contribution in [0.2, 0.25) is 0 Å². The van der Waals surface area contributed by atoms with E-state index in [0.29, 0.717) is 0 Å². The highest BCUT2D eigenvalue weighted by Crippen LogP contribution is 2.56. The molecule has 0 bridgehead atoms. The summed E-state index contributed by atoms with van der Waals surface area (Å²) in [4.78, 5) is 0. The van der Waals surface area contributed by atoms with Crippen molar-refractivity contribution in [3.05, 3.63) is 229 Å². The SMILES string of the molecule is CC1(C)c2cc(-c3cccc4ccccc34)ccc2-c2ccc(-c3c4ccccc4c(-c4cccc5c4-c4ccccc4C5(C)C)c4cc(-c5ccc6ccccc6c5)ccc34)cc21. The molecule has 0 aromatic heterocycles. The monoisotopic (exact) mass is 814 g/mol. The summed E-state index contributed by atoms with van der Waals surface area (Å²) in [6.07, 6.45) is 0. The summed E-state index contributed by atoms with van der Waals surface area (Å²) in [5.41, 5.74) is 20.8. The molecule has 302 valence electrons. The first-order chi connectivity index (χ1) is 31.3. The van der Waals surface area contributed by atoms with E-state index in [9.17, 15) is 0 Å². The summed E-state index contributed by atoms with van der Waals surface area (Å²) < 4.78 is 0. The summed E-state index contributed by atoms with van der Waals surface area (Å²) >= 11 is 0. The van der Waals surface area contributed by atoms with Gasteiger partial charge in [-0.15, -0.1) is 0 Å². The predicted octanol–water partition coefficient (Wildman–Crippen LogP) is 17.6. The molecular weight excluding hydrogens is 769 g/mol. The third-order valence-corrected chi connectivity index (χ3v) is 15.0. The summed E-state index contributed by atoms with van der Waals surface area (Å²) in [6.45, 7) is 9.60. The molecule has 13 rings (SSSR count). The first-order valence-corrected chi connectivity index (χ1v) is 22.7. The molecule has 11 aromatic rings. The fourth-order valence-electron chi connectivity index (χ4n) is 11.8. The van der Waals surface area contributed by atoms with Crippen LogP contribution < -0.4 is 0 Å². The van der Waals surface area contributed by atoms with E-state index < -0.39 is 0 Å². The maximum Gasteiger partial charge on any atom is 0.0159 e. The molecule has 0 atom stereocenters. The van der Waals surface area contributed by atoms with Crippen LogP contribution in [0, 0.1) is 0 Å². The Hall–Kier alpha value is -7.54. The molecule has 2 aliphatic rings. The highest BCUT2D eigenvalue weighted by molar-refractivity contribution is 6.23. The average Bonchev–Trinajstić information content (AvgIpc) is 3.71. The Morgan fingerprint density at radius 1 is 0.234 bits per heavy atom. The van der Waals surface area contributed by atoms with Gasteiger partial charge in [0, 0.05) is 10.8 Å². The van der Waals surface area contributed by atoms with Crippen molar-refractivity contribution >= 4 is 43.1 Å². The van der Waals surface area contributed by atoms with Crippen molar-refractivity contribution in [1.29, 1.82) is 0 Å². The number of fused-ring (bicyclic) bond motifs is 10. The van der Waals surface area contributed by atoms with Crippen molar-refractivity contribution in [1.82, 2.24) is 0 Å². The second kappa shape index (κ2) is 13.5. The average molecular weight is 815 g/mol. The topological polar surface area (TPSA) is 0 Å². The molecule has 0 saturated heterocycles. The molecule has 11 aromatic carbocycles. The normalized spacial score (nSPS) is 14.2. The molecule has 0 aliphatic heterocycles. The maximum absolute atomic E-state index is 2.52. The van der Waals surface area contributed by atoms with Crippen molar-refractivity contribution in [2.75, 3.05) is 0 Å². The Balaban J connectivity index is 1.05. The van der Waals surface area contributed by atoms with Gasteiger partial charge < -0.3 is 0 Å². The van der Waals surface area contributed by atoms with Crippen molar-refractivity contribution in [3.63, 3.8) is 0 Å². The molecule has 2 aliphatic carbocycles. The van der Waals surface area contributed by atoms with Crippen LogP contribution in [0.15, 0.2) is 206 Å². The minimum atomic E-state index is -0.194. The Labute approximate surface area is 375 Å². The number of rotatable bonds is 4. The highest BCUT2D eigenvalue weighted by Gasteiger charge is 2.38. The van der Waals surface area contributed by atoms with E-state index >= 15 is 0 Å². The standard InChI is InChI=1S/C64H46/c1-63(2)56-25-12-11-22-53(56)62-54(24-14-26-57(62)63)61-51-21-10-9-20-50(51)60(52-34-29-43(36-55(52)61)42-28-27-39-15-5-6-17-41(39)35-42)45-31-33-49-48-32-30-44(37-58(48)64(3,4)59(49)38-45)47-23-13-18-40-16-7-8-19-46(40)47/h5-38H,1-4H3. The summed E-state index contributed by atoms with van der Waals surface area (Å²) in [5, 5.41) is 10.2. The Morgan fingerprint density at radius 3 is 1.56 bits per heavy atom. The second-order valence-corrected chi connectivity index (χ2v) is 19.2. The third kappa shape index (κ3) is 5.23. The maximum atomic E-state index is 2.52. The molecule has 64 heavy (non-hydrogen) atoms. The van der Waals surface area contributed by atoms with E-state index in [1.807, 2.05) is 0 Å². The highest BCUT2D eigenvalue weighted by atomic mass is 14.4. The summed E-state index contributed by atoms with van der Waals surface area (Å²) in [6, 6.07) is 78.0. The fraction of sp³-hybridized carbons (Fsp3) is 0.0938. The third-order valence-electron chi connectivity index (χ3n) is 15.0. The van der Waals surface area contributed by atoms with Crippen molar-refractivity contribution in [3.8, 4) is 66.8 Å². The van der Waals surface area contributed by atoms with Gasteiger partial charge in [-0.05, 0) is 156 Å². The van der Waals surface area contributed by atoms with Crippen LogP contribution in [0.1, 0.15) is 49.9 Å². The van der Waals surface area contributed by atoms with E-state index in [1.165, 1.54) is 132 Å². The molecule has 0 heterocycles. The molecule has 0 amide bonds. The predicted molar refractivity (Wildman–Crippen MR) is 273 cm³/mol. The molecule has 0 nitrogen and oxygen atoms in total. The van der Waals surface area contributed by atoms with E-state index in [-0.39, 0.29) is 10.8 Å². The first kappa shape index (κ1) is 37.1. The molecule has 0 fully saturated rings. The van der Waals surface area contributed by atoms with Crippen molar-refractivity contribution in [2.24, 2.45) is 0 Å². The van der Waals surface area contributed by atoms with E-state index in [2.05, 4.69) is 234 Å². The second-order valence-electron chi connectivity index (χ2n) is 19.2. The van der Waals surface area contributed by atoms with Gasteiger partial charge in [0.15, 0.2) is 0 Å². The van der Waals surface area contributed by atoms with Crippen LogP contribution in [-0.4, -0.2) is 0 Å². The van der Waals surface area contributed by atoms with Gasteiger partial charge in [0.05, 0.1) is 0 Å². The molecule has 0 unspecified atom stereocenters. The van der Waals surface area contributed by atoms with E-state index in [4.69, 9.17) is 0 Å². The van der Waals surface area contributed by atoms with Crippen LogP contribution in [-0.2, 0) is 10.8 Å². The number of hydrogen-bond donors (Lipinski definition) is 0. The van der Waals surface area contributed by atoms with Gasteiger partial charge >= 0.3 is 0 Å². The lowest BCUT2D eigenvalue weighted by molar-refractivity contribution is 0.660. The van der Waals surface area contributed by atoms with E-state index in [1.54, 1.807) is 0 Å². The number of benzene rings is 11. The molecule has 0 heteroatoms. The lowest BCUT2D eigenvalue weighted by Crippen LogP contribution is -2.15. The van der Waals surface area contributed by atoms with Crippen LogP contribution in [0.3, 0.4) is 0 Å². The Kier molecular flexibility index (Phi) is 7.80. The first-order valence-electron chi connectivity index (χ1n) is 22.7. The van der Waals surface area contributed by atoms with Gasteiger partial charge in [-0.3, -0.25) is 0 Å². The lowest BCUT2D eigenvalue weighted by Gasteiger charge is -2.24. The molecule has 0 radical (unpaired) electrons. The van der Waals surface area contributed by atoms with Gasteiger partial charge in [0.25, 0.3) is 0 Å². The molecular formula is C64H46. The summed E-state index contributed by atoms with van der Waals surface area (Å²) in [7, 11) is 0. The zero-order chi connectivity index (χ0) is 42.9. The summed E-state index contributed by atoms with van der Waals surface area (Å²) in [5.74, 6) is 0. The fourth-order valence-corrected chi connectivity index (χ4v) is 11.8. The largest absolute Gasteiger partial charge is 0.0619 e. The minimum absolute atomic E-state index is 0.103. The van der Waals surface area contributed by atoms with Gasteiger partial charge in [-0.25, -0.2) is 0 Å². The molecule has 0 N–H and O–H groups in total. The van der Waals surface area contributed by atoms with Crippen LogP contribution in [0.4, 0.5) is 0 Å². The van der Waals surface area contributed by atoms with Gasteiger partial charge in [-0.2, -0.15) is 0 Å². The minimum Gasteiger partial charge on any atom is -0.0619 e. The lowest BCUT2D eigenvalue weighted by atomic mass is 9.79. The Bertz CT molecular complexity index is 3770. The van der Waals surface area contributed by atoms with E-state index in [0.717, 1.165) is 0 Å². The Morgan fingerprint density at radius 2 is 0.750 bits per heavy atom. The van der Waals surface area contributed by atoms with Crippen LogP contribution >= 0.6 is 0 Å². The molecule has 0 saturated carbocycles. The van der Waals surface area contributed by atoms with Crippen LogP contribution in [0.25, 0.3) is 110 Å². The van der Waals surface area contributed by atoms with Crippen molar-refractivity contribution < 1.29 is 0 Å².